The van der Waals surface area contributed by atoms with Gasteiger partial charge in [-0.15, -0.1) is 11.3 Å². The molecule has 3 rings (SSSR count). The van der Waals surface area contributed by atoms with Gasteiger partial charge in [0.15, 0.2) is 11.7 Å². The molecule has 1 aliphatic rings. The first-order chi connectivity index (χ1) is 9.69. The van der Waals surface area contributed by atoms with Crippen LogP contribution in [0.15, 0.2) is 11.2 Å². The van der Waals surface area contributed by atoms with E-state index in [-0.39, 0.29) is 11.1 Å². The maximum absolute atomic E-state index is 8.77. The molecule has 1 fully saturated rings. The van der Waals surface area contributed by atoms with E-state index in [2.05, 4.69) is 20.0 Å². The zero-order valence-electron chi connectivity index (χ0n) is 10.4. The van der Waals surface area contributed by atoms with Crippen LogP contribution in [0.2, 0.25) is 5.28 Å². The van der Waals surface area contributed by atoms with Gasteiger partial charge in [-0.05, 0) is 17.7 Å². The van der Waals surface area contributed by atoms with Gasteiger partial charge in [-0.3, -0.25) is 0 Å². The van der Waals surface area contributed by atoms with Gasteiger partial charge < -0.3 is 20.6 Å². The third-order valence-electron chi connectivity index (χ3n) is 3.00. The van der Waals surface area contributed by atoms with Gasteiger partial charge in [-0.1, -0.05) is 5.16 Å². The topological polar surface area (TPSA) is 96.9 Å². The van der Waals surface area contributed by atoms with E-state index in [1.807, 2.05) is 0 Å². The highest BCUT2D eigenvalue weighted by Gasteiger charge is 2.19. The van der Waals surface area contributed by atoms with Crippen LogP contribution in [0.25, 0.3) is 10.2 Å². The van der Waals surface area contributed by atoms with E-state index in [0.717, 1.165) is 23.6 Å². The van der Waals surface area contributed by atoms with Gasteiger partial charge in [-0.2, -0.15) is 4.98 Å². The van der Waals surface area contributed by atoms with Gasteiger partial charge in [0.25, 0.3) is 0 Å². The standard InChI is InChI=1S/C11H12ClN5O2S/c12-11-14-6-5-7(9(13)16-18)20-8(6)10(15-11)17-1-3-19-4-2-17/h5,18H,1-4H2,(H2,13,16). The van der Waals surface area contributed by atoms with Crippen molar-refractivity contribution in [3.05, 3.63) is 16.2 Å². The molecular formula is C11H12ClN5O2S. The Bertz CT molecular complexity index is 668. The number of morpholine rings is 1. The first-order valence-corrected chi connectivity index (χ1v) is 7.16. The number of thiophene rings is 1. The lowest BCUT2D eigenvalue weighted by Gasteiger charge is -2.28. The molecule has 1 aliphatic heterocycles. The highest BCUT2D eigenvalue weighted by atomic mass is 35.5. The van der Waals surface area contributed by atoms with Crippen LogP contribution < -0.4 is 10.6 Å². The summed E-state index contributed by atoms with van der Waals surface area (Å²) in [5, 5.41) is 12.0. The number of nitrogens with zero attached hydrogens (tertiary/aromatic N) is 4. The molecule has 2 aromatic rings. The molecule has 2 aromatic heterocycles. The first kappa shape index (κ1) is 13.3. The van der Waals surface area contributed by atoms with Crippen molar-refractivity contribution in [1.29, 1.82) is 0 Å². The van der Waals surface area contributed by atoms with Crippen molar-refractivity contribution in [2.24, 2.45) is 10.9 Å². The highest BCUT2D eigenvalue weighted by Crippen LogP contribution is 2.33. The fourth-order valence-corrected chi connectivity index (χ4v) is 3.23. The van der Waals surface area contributed by atoms with Gasteiger partial charge in [0.05, 0.1) is 28.3 Å². The normalized spacial score (nSPS) is 16.9. The molecule has 1 saturated heterocycles. The predicted octanol–water partition coefficient (Wildman–Crippen LogP) is 1.28. The number of hydrogen-bond donors (Lipinski definition) is 2. The van der Waals surface area contributed by atoms with E-state index < -0.39 is 0 Å². The van der Waals surface area contributed by atoms with Crippen molar-refractivity contribution in [3.8, 4) is 0 Å². The average Bonchev–Trinajstić information content (AvgIpc) is 2.90. The van der Waals surface area contributed by atoms with Gasteiger partial charge in [-0.25, -0.2) is 4.98 Å². The number of aromatic nitrogens is 2. The van der Waals surface area contributed by atoms with Crippen LogP contribution in [0.5, 0.6) is 0 Å². The predicted molar refractivity (Wildman–Crippen MR) is 78.0 cm³/mol. The van der Waals surface area contributed by atoms with E-state index in [1.165, 1.54) is 11.3 Å². The lowest BCUT2D eigenvalue weighted by Crippen LogP contribution is -2.36. The molecule has 0 spiro atoms. The number of anilines is 1. The number of hydrogen-bond acceptors (Lipinski definition) is 7. The van der Waals surface area contributed by atoms with Gasteiger partial charge >= 0.3 is 0 Å². The molecule has 0 atom stereocenters. The summed E-state index contributed by atoms with van der Waals surface area (Å²) >= 11 is 7.36. The molecule has 0 amide bonds. The third kappa shape index (κ3) is 2.37. The van der Waals surface area contributed by atoms with Crippen molar-refractivity contribution in [2.75, 3.05) is 31.2 Å². The summed E-state index contributed by atoms with van der Waals surface area (Å²) in [7, 11) is 0. The first-order valence-electron chi connectivity index (χ1n) is 5.96. The van der Waals surface area contributed by atoms with Crippen LogP contribution in [0.1, 0.15) is 4.88 Å². The Morgan fingerprint density at radius 3 is 2.90 bits per heavy atom. The summed E-state index contributed by atoms with van der Waals surface area (Å²) in [6, 6.07) is 1.74. The van der Waals surface area contributed by atoms with Crippen molar-refractivity contribution < 1.29 is 9.94 Å². The lowest BCUT2D eigenvalue weighted by atomic mass is 10.3. The third-order valence-corrected chi connectivity index (χ3v) is 4.31. The molecule has 0 bridgehead atoms. The molecule has 106 valence electrons. The molecule has 9 heteroatoms. The Labute approximate surface area is 123 Å². The molecule has 0 saturated carbocycles. The van der Waals surface area contributed by atoms with Crippen molar-refractivity contribution in [2.45, 2.75) is 0 Å². The van der Waals surface area contributed by atoms with E-state index in [4.69, 9.17) is 27.3 Å². The van der Waals surface area contributed by atoms with Gasteiger partial charge in [0, 0.05) is 13.1 Å². The number of fused-ring (bicyclic) bond motifs is 1. The van der Waals surface area contributed by atoms with Gasteiger partial charge in [0.2, 0.25) is 5.28 Å². The number of amidine groups is 1. The van der Waals surface area contributed by atoms with Crippen LogP contribution in [-0.2, 0) is 4.74 Å². The SMILES string of the molecule is N/C(=N/O)c1cc2nc(Cl)nc(N3CCOCC3)c2s1. The minimum atomic E-state index is 0.0528. The fraction of sp³-hybridized carbons (Fsp3) is 0.364. The molecule has 7 nitrogen and oxygen atoms in total. The quantitative estimate of drug-likeness (QED) is 0.285. The van der Waals surface area contributed by atoms with Crippen LogP contribution in [0, 0.1) is 0 Å². The molecular weight excluding hydrogens is 302 g/mol. The second-order valence-corrected chi connectivity index (χ2v) is 5.62. The Kier molecular flexibility index (Phi) is 3.60. The summed E-state index contributed by atoms with van der Waals surface area (Å²) in [6.07, 6.45) is 0. The Hall–Kier alpha value is -1.64. The maximum Gasteiger partial charge on any atom is 0.224 e. The smallest absolute Gasteiger partial charge is 0.224 e. The summed E-state index contributed by atoms with van der Waals surface area (Å²) in [5.74, 6) is 0.822. The second-order valence-electron chi connectivity index (χ2n) is 4.23. The molecule has 0 aliphatic carbocycles. The Morgan fingerprint density at radius 1 is 1.45 bits per heavy atom. The zero-order valence-corrected chi connectivity index (χ0v) is 12.0. The highest BCUT2D eigenvalue weighted by molar-refractivity contribution is 7.21. The van der Waals surface area contributed by atoms with E-state index in [9.17, 15) is 0 Å². The molecule has 0 radical (unpaired) electrons. The largest absolute Gasteiger partial charge is 0.409 e. The van der Waals surface area contributed by atoms with E-state index in [0.29, 0.717) is 23.6 Å². The molecule has 3 heterocycles. The van der Waals surface area contributed by atoms with Crippen molar-refractivity contribution in [1.82, 2.24) is 9.97 Å². The van der Waals surface area contributed by atoms with Crippen LogP contribution in [0.3, 0.4) is 0 Å². The van der Waals surface area contributed by atoms with Crippen molar-refractivity contribution in [3.63, 3.8) is 0 Å². The minimum absolute atomic E-state index is 0.0528. The van der Waals surface area contributed by atoms with Crippen LogP contribution in [-0.4, -0.2) is 47.3 Å². The second kappa shape index (κ2) is 5.39. The number of nitrogens with two attached hydrogens (primary N) is 1. The number of oxime groups is 1. The summed E-state index contributed by atoms with van der Waals surface area (Å²) in [4.78, 5) is 11.2. The molecule has 0 aromatic carbocycles. The summed E-state index contributed by atoms with van der Waals surface area (Å²) in [6.45, 7) is 2.81. The average molecular weight is 314 g/mol. The summed E-state index contributed by atoms with van der Waals surface area (Å²) in [5.41, 5.74) is 6.31. The fourth-order valence-electron chi connectivity index (χ4n) is 2.05. The van der Waals surface area contributed by atoms with E-state index >= 15 is 0 Å². The van der Waals surface area contributed by atoms with Crippen LogP contribution in [0.4, 0.5) is 5.82 Å². The zero-order chi connectivity index (χ0) is 14.1. The molecule has 3 N–H and O–H groups in total. The van der Waals surface area contributed by atoms with Crippen molar-refractivity contribution >= 4 is 44.8 Å². The minimum Gasteiger partial charge on any atom is -0.409 e. The molecule has 0 unspecified atom stereocenters. The van der Waals surface area contributed by atoms with Crippen LogP contribution >= 0.6 is 22.9 Å². The maximum atomic E-state index is 8.77. The monoisotopic (exact) mass is 313 g/mol. The Morgan fingerprint density at radius 2 is 2.20 bits per heavy atom. The number of ether oxygens (including phenoxy) is 1. The molecule has 20 heavy (non-hydrogen) atoms. The lowest BCUT2D eigenvalue weighted by molar-refractivity contribution is 0.122. The van der Waals surface area contributed by atoms with E-state index in [1.54, 1.807) is 6.07 Å². The summed E-state index contributed by atoms with van der Waals surface area (Å²) < 4.78 is 6.21. The van der Waals surface area contributed by atoms with Gasteiger partial charge in [0.1, 0.15) is 0 Å². The number of rotatable bonds is 2. The Balaban J connectivity index is 2.12. The number of halogens is 1.